The summed E-state index contributed by atoms with van der Waals surface area (Å²) in [7, 11) is -8.04. The van der Waals surface area contributed by atoms with Crippen molar-refractivity contribution >= 4 is 43.6 Å². The summed E-state index contributed by atoms with van der Waals surface area (Å²) >= 11 is 0. The average Bonchev–Trinajstić information content (AvgIpc) is 3.45. The lowest BCUT2D eigenvalue weighted by molar-refractivity contribution is 0.395. The van der Waals surface area contributed by atoms with E-state index < -0.39 is 33.3 Å². The van der Waals surface area contributed by atoms with E-state index in [0.29, 0.717) is 0 Å². The molecule has 0 aromatic heterocycles. The molecular formula is C39H56N2O2Si4. The van der Waals surface area contributed by atoms with Crippen LogP contribution in [0.4, 0.5) is 0 Å². The van der Waals surface area contributed by atoms with Gasteiger partial charge in [-0.3, -0.25) is 10.6 Å². The molecular weight excluding hydrogens is 641 g/mol. The molecule has 0 saturated carbocycles. The summed E-state index contributed by atoms with van der Waals surface area (Å²) in [5, 5.41) is 10.7. The fourth-order valence-corrected chi connectivity index (χ4v) is 26.4. The van der Waals surface area contributed by atoms with Crippen LogP contribution in [0.15, 0.2) is 103 Å². The molecule has 1 saturated heterocycles. The number of nitrogens with one attached hydrogen (secondary N) is 2. The summed E-state index contributed by atoms with van der Waals surface area (Å²) < 4.78 is 14.0. The Hall–Kier alpha value is -2.41. The fourth-order valence-electron chi connectivity index (χ4n) is 7.31. The van der Waals surface area contributed by atoms with E-state index in [-0.39, 0.29) is 18.2 Å². The Morgan fingerprint density at radius 2 is 1.02 bits per heavy atom. The first kappa shape index (κ1) is 35.9. The van der Waals surface area contributed by atoms with Gasteiger partial charge in [-0.15, -0.1) is 0 Å². The molecule has 0 bridgehead atoms. The third-order valence-corrected chi connectivity index (χ3v) is 24.9. The van der Waals surface area contributed by atoms with Crippen molar-refractivity contribution < 1.29 is 8.23 Å². The van der Waals surface area contributed by atoms with Gasteiger partial charge in [-0.25, -0.2) is 0 Å². The van der Waals surface area contributed by atoms with Crippen LogP contribution < -0.4 is 21.0 Å². The van der Waals surface area contributed by atoms with Gasteiger partial charge in [-0.2, -0.15) is 0 Å². The molecule has 4 aromatic rings. The zero-order valence-corrected chi connectivity index (χ0v) is 34.3. The van der Waals surface area contributed by atoms with Crippen molar-refractivity contribution in [3.8, 4) is 0 Å². The molecule has 1 aliphatic rings. The normalized spacial score (nSPS) is 19.2. The topological polar surface area (TPSA) is 42.5 Å². The predicted octanol–water partition coefficient (Wildman–Crippen LogP) is 8.95. The van der Waals surface area contributed by atoms with Crippen LogP contribution in [0.2, 0.25) is 64.5 Å². The van der Waals surface area contributed by atoms with Crippen LogP contribution in [0.3, 0.4) is 0 Å². The molecule has 250 valence electrons. The van der Waals surface area contributed by atoms with Crippen molar-refractivity contribution in [3.05, 3.63) is 131 Å². The zero-order chi connectivity index (χ0) is 34.0. The van der Waals surface area contributed by atoms with Gasteiger partial charge in [-0.1, -0.05) is 139 Å². The quantitative estimate of drug-likeness (QED) is 0.145. The smallest absolute Gasteiger partial charge is 0.311 e. The maximum Gasteiger partial charge on any atom is 0.311 e. The Morgan fingerprint density at radius 3 is 1.51 bits per heavy atom. The van der Waals surface area contributed by atoms with Crippen molar-refractivity contribution in [2.45, 2.75) is 96.6 Å². The van der Waals surface area contributed by atoms with Gasteiger partial charge >= 0.3 is 8.56 Å². The predicted molar refractivity (Wildman–Crippen MR) is 211 cm³/mol. The summed E-state index contributed by atoms with van der Waals surface area (Å²) in [6.07, 6.45) is 0.0905. The highest BCUT2D eigenvalue weighted by Crippen LogP contribution is 2.37. The molecule has 1 heterocycles. The molecule has 2 N–H and O–H groups in total. The maximum atomic E-state index is 7.05. The summed E-state index contributed by atoms with van der Waals surface area (Å²) in [4.78, 5) is 0. The van der Waals surface area contributed by atoms with Gasteiger partial charge in [0.05, 0.1) is 26.3 Å². The van der Waals surface area contributed by atoms with E-state index in [2.05, 4.69) is 180 Å². The maximum absolute atomic E-state index is 7.05. The van der Waals surface area contributed by atoms with Gasteiger partial charge in [-0.05, 0) is 81.1 Å². The Morgan fingerprint density at radius 1 is 0.532 bits per heavy atom. The molecule has 2 atom stereocenters. The lowest BCUT2D eigenvalue weighted by Gasteiger charge is -2.39. The SMILES string of the molecule is Cc1cc(C)cc([Si](C)(C)O[Si](C)(C)O[Si](C)(C)CC[Si](C)(C)c2ccc(C3NC(c4ccccc4)C(c4ccccc4)N3)cc2)c1. The minimum absolute atomic E-state index is 0.0905. The van der Waals surface area contributed by atoms with Crippen molar-refractivity contribution in [2.24, 2.45) is 0 Å². The molecule has 2 unspecified atom stereocenters. The van der Waals surface area contributed by atoms with E-state index in [4.69, 9.17) is 8.23 Å². The number of aryl methyl sites for hydroxylation is 2. The van der Waals surface area contributed by atoms with E-state index >= 15 is 0 Å². The first-order chi connectivity index (χ1) is 22.0. The van der Waals surface area contributed by atoms with E-state index in [9.17, 15) is 0 Å². The second-order valence-corrected chi connectivity index (χ2v) is 32.7. The number of benzene rings is 4. The second kappa shape index (κ2) is 14.2. The molecule has 5 rings (SSSR count). The highest BCUT2D eigenvalue weighted by molar-refractivity contribution is 6.94. The second-order valence-electron chi connectivity index (χ2n) is 15.8. The zero-order valence-electron chi connectivity index (χ0n) is 30.3. The van der Waals surface area contributed by atoms with Gasteiger partial charge < -0.3 is 8.23 Å². The Bertz CT molecular complexity index is 1560. The molecule has 0 radical (unpaired) electrons. The van der Waals surface area contributed by atoms with E-state index in [0.717, 1.165) is 6.04 Å². The van der Waals surface area contributed by atoms with E-state index in [1.165, 1.54) is 44.2 Å². The highest BCUT2D eigenvalue weighted by Gasteiger charge is 2.41. The molecule has 1 aliphatic heterocycles. The Balaban J connectivity index is 1.23. The molecule has 0 amide bonds. The molecule has 8 heteroatoms. The monoisotopic (exact) mass is 696 g/mol. The van der Waals surface area contributed by atoms with E-state index in [1.54, 1.807) is 0 Å². The largest absolute Gasteiger partial charge is 0.437 e. The third kappa shape index (κ3) is 9.19. The summed E-state index contributed by atoms with van der Waals surface area (Å²) in [5.41, 5.74) is 6.52. The summed E-state index contributed by atoms with van der Waals surface area (Å²) in [6, 6.07) is 40.8. The lowest BCUT2D eigenvalue weighted by Crippen LogP contribution is -2.57. The minimum Gasteiger partial charge on any atom is -0.437 e. The Labute approximate surface area is 288 Å². The fraction of sp³-hybridized carbons (Fsp3) is 0.385. The van der Waals surface area contributed by atoms with Crippen LogP contribution >= 0.6 is 0 Å². The highest BCUT2D eigenvalue weighted by atomic mass is 28.5. The standard InChI is InChI=1S/C39H56N2O2Si4/c1-30-27-31(2)29-36(28-30)46(7,8)43-47(9,10)42-45(5,6)26-25-44(3,4)35-23-21-34(22-24-35)39-40-37(32-17-13-11-14-18-32)38(41-39)33-19-15-12-16-20-33/h11-24,27-29,37-41H,25-26H2,1-10H3. The number of hydrogen-bond donors (Lipinski definition) is 2. The Kier molecular flexibility index (Phi) is 10.8. The van der Waals surface area contributed by atoms with Gasteiger partial charge in [0.15, 0.2) is 8.32 Å². The van der Waals surface area contributed by atoms with Crippen LogP contribution in [-0.2, 0) is 8.23 Å². The molecule has 0 spiro atoms. The van der Waals surface area contributed by atoms with Crippen LogP contribution in [0.1, 0.15) is 46.1 Å². The first-order valence-corrected chi connectivity index (χ1v) is 29.3. The van der Waals surface area contributed by atoms with Crippen LogP contribution in [0, 0.1) is 13.8 Å². The molecule has 47 heavy (non-hydrogen) atoms. The summed E-state index contributed by atoms with van der Waals surface area (Å²) in [6.45, 7) is 23.4. The van der Waals surface area contributed by atoms with Crippen molar-refractivity contribution in [2.75, 3.05) is 0 Å². The first-order valence-electron chi connectivity index (χ1n) is 17.3. The minimum atomic E-state index is -2.33. The number of hydrogen-bond acceptors (Lipinski definition) is 4. The molecule has 4 nitrogen and oxygen atoms in total. The van der Waals surface area contributed by atoms with Crippen molar-refractivity contribution in [3.63, 3.8) is 0 Å². The van der Waals surface area contributed by atoms with Gasteiger partial charge in [0, 0.05) is 0 Å². The number of rotatable bonds is 12. The van der Waals surface area contributed by atoms with Crippen LogP contribution in [-0.4, -0.2) is 33.3 Å². The average molecular weight is 697 g/mol. The van der Waals surface area contributed by atoms with Gasteiger partial charge in [0.25, 0.3) is 0 Å². The van der Waals surface area contributed by atoms with Crippen molar-refractivity contribution in [1.82, 2.24) is 10.6 Å². The summed E-state index contributed by atoms with van der Waals surface area (Å²) in [5.74, 6) is 0. The van der Waals surface area contributed by atoms with Gasteiger partial charge in [0.1, 0.15) is 0 Å². The van der Waals surface area contributed by atoms with Crippen LogP contribution in [0.5, 0.6) is 0 Å². The van der Waals surface area contributed by atoms with Crippen molar-refractivity contribution in [1.29, 1.82) is 0 Å². The van der Waals surface area contributed by atoms with E-state index in [1.807, 2.05) is 0 Å². The van der Waals surface area contributed by atoms with Crippen LogP contribution in [0.25, 0.3) is 0 Å². The lowest BCUT2D eigenvalue weighted by atomic mass is 9.95. The molecule has 1 fully saturated rings. The molecule has 0 aliphatic carbocycles. The third-order valence-electron chi connectivity index (χ3n) is 9.66. The van der Waals surface area contributed by atoms with Gasteiger partial charge in [0.2, 0.25) is 8.32 Å². The molecule has 4 aromatic carbocycles.